The lowest BCUT2D eigenvalue weighted by Gasteiger charge is -2.32. The number of aliphatic hydroxyl groups excluding tert-OH is 1. The molecule has 1 aliphatic carbocycles. The Kier molecular flexibility index (Phi) is 8.21. The Balaban J connectivity index is 1.74. The molecule has 2 aromatic heterocycles. The van der Waals surface area contributed by atoms with Gasteiger partial charge in [-0.15, -0.1) is 11.3 Å². The summed E-state index contributed by atoms with van der Waals surface area (Å²) in [5, 5.41) is 14.4. The van der Waals surface area contributed by atoms with Crippen LogP contribution in [0.15, 0.2) is 12.3 Å². The van der Waals surface area contributed by atoms with Crippen molar-refractivity contribution in [3.8, 4) is 10.4 Å². The summed E-state index contributed by atoms with van der Waals surface area (Å²) >= 11 is 0.721. The predicted octanol–water partition coefficient (Wildman–Crippen LogP) is 4.77. The summed E-state index contributed by atoms with van der Waals surface area (Å²) in [7, 11) is 0. The molecule has 1 aliphatic heterocycles. The minimum Gasteiger partial charge on any atom is -0.391 e. The minimum atomic E-state index is -4.61. The van der Waals surface area contributed by atoms with Crippen LogP contribution >= 0.6 is 11.3 Å². The summed E-state index contributed by atoms with van der Waals surface area (Å²) in [4.78, 5) is 35.9. The Bertz CT molecular complexity index is 1190. The van der Waals surface area contributed by atoms with Crippen molar-refractivity contribution < 1.29 is 36.6 Å². The minimum absolute atomic E-state index is 0.0226. The zero-order chi connectivity index (χ0) is 27.8. The summed E-state index contributed by atoms with van der Waals surface area (Å²) in [5.41, 5.74) is -1.04. The third kappa shape index (κ3) is 5.75. The van der Waals surface area contributed by atoms with E-state index in [-0.39, 0.29) is 33.6 Å². The summed E-state index contributed by atoms with van der Waals surface area (Å²) in [6.07, 6.45) is -5.20. The van der Waals surface area contributed by atoms with Gasteiger partial charge in [0.25, 0.3) is 18.2 Å². The summed E-state index contributed by atoms with van der Waals surface area (Å²) in [6, 6.07) is -1.75. The standard InChI is InChI=1S/C24H28F5N5O3S/c1-3-16(24(27,28)29)32-17-9-12(20(25)26)13(10-30-17)19-18(23(37)34-8-4-5-11(34)2)33-22(38-19)21(36)31-14-6-7-15(14)35/h9-11,14-16,20,35H,3-8H2,1-2H3,(H,30,32)(H,31,36)/t11-,14-,15-,16-/m0/s1. The Labute approximate surface area is 219 Å². The zero-order valence-corrected chi connectivity index (χ0v) is 21.5. The summed E-state index contributed by atoms with van der Waals surface area (Å²) in [6.45, 7) is 3.59. The molecule has 0 spiro atoms. The highest BCUT2D eigenvalue weighted by molar-refractivity contribution is 7.17. The van der Waals surface area contributed by atoms with E-state index in [1.165, 1.54) is 6.92 Å². The van der Waals surface area contributed by atoms with Crippen LogP contribution in [0.1, 0.15) is 78.2 Å². The molecule has 0 unspecified atom stereocenters. The molecule has 1 saturated carbocycles. The molecular weight excluding hydrogens is 533 g/mol. The van der Waals surface area contributed by atoms with Crippen LogP contribution in [-0.4, -0.2) is 68.7 Å². The van der Waals surface area contributed by atoms with Crippen LogP contribution in [-0.2, 0) is 0 Å². The average molecular weight is 562 g/mol. The smallest absolute Gasteiger partial charge is 0.391 e. The third-order valence-electron chi connectivity index (χ3n) is 6.93. The zero-order valence-electron chi connectivity index (χ0n) is 20.7. The number of pyridine rings is 1. The number of alkyl halides is 5. The normalized spacial score (nSPS) is 22.3. The van der Waals surface area contributed by atoms with Crippen LogP contribution in [0.4, 0.5) is 27.8 Å². The number of aromatic nitrogens is 2. The summed E-state index contributed by atoms with van der Waals surface area (Å²) in [5.74, 6) is -1.58. The number of hydrogen-bond donors (Lipinski definition) is 3. The van der Waals surface area contributed by atoms with Gasteiger partial charge in [0.05, 0.1) is 17.0 Å². The van der Waals surface area contributed by atoms with E-state index in [9.17, 15) is 36.6 Å². The third-order valence-corrected chi connectivity index (χ3v) is 8.02. The van der Waals surface area contributed by atoms with Gasteiger partial charge in [0.15, 0.2) is 5.01 Å². The van der Waals surface area contributed by atoms with E-state index in [1.807, 2.05) is 6.92 Å². The van der Waals surface area contributed by atoms with Crippen molar-refractivity contribution in [1.29, 1.82) is 0 Å². The van der Waals surface area contributed by atoms with E-state index in [1.54, 1.807) is 4.90 Å². The molecule has 0 aromatic carbocycles. The van der Waals surface area contributed by atoms with Gasteiger partial charge in [0.1, 0.15) is 17.6 Å². The van der Waals surface area contributed by atoms with Crippen molar-refractivity contribution in [3.63, 3.8) is 0 Å². The Morgan fingerprint density at radius 3 is 2.53 bits per heavy atom. The second-order valence-electron chi connectivity index (χ2n) is 9.52. The van der Waals surface area contributed by atoms with E-state index in [0.29, 0.717) is 19.4 Å². The molecule has 208 valence electrons. The first-order valence-corrected chi connectivity index (χ1v) is 13.1. The van der Waals surface area contributed by atoms with Crippen molar-refractivity contribution in [2.75, 3.05) is 11.9 Å². The predicted molar refractivity (Wildman–Crippen MR) is 130 cm³/mol. The van der Waals surface area contributed by atoms with Gasteiger partial charge in [-0.3, -0.25) is 9.59 Å². The number of anilines is 1. The van der Waals surface area contributed by atoms with Crippen molar-refractivity contribution >= 4 is 29.0 Å². The van der Waals surface area contributed by atoms with E-state index in [0.717, 1.165) is 36.4 Å². The number of rotatable bonds is 8. The molecule has 4 atom stereocenters. The fraction of sp³-hybridized carbons (Fsp3) is 0.583. The first kappa shape index (κ1) is 28.1. The topological polar surface area (TPSA) is 107 Å². The maximum absolute atomic E-state index is 14.2. The van der Waals surface area contributed by atoms with Gasteiger partial charge in [0, 0.05) is 29.9 Å². The number of thiazole rings is 1. The number of aliphatic hydroxyl groups is 1. The molecule has 1 saturated heterocycles. The molecular formula is C24H28F5N5O3S. The second kappa shape index (κ2) is 11.1. The van der Waals surface area contributed by atoms with Crippen molar-refractivity contribution in [2.45, 2.75) is 82.8 Å². The first-order valence-electron chi connectivity index (χ1n) is 12.3. The second-order valence-corrected chi connectivity index (χ2v) is 10.5. The van der Waals surface area contributed by atoms with Crippen LogP contribution in [0.5, 0.6) is 0 Å². The van der Waals surface area contributed by atoms with Crippen LogP contribution in [0.2, 0.25) is 0 Å². The highest BCUT2D eigenvalue weighted by Crippen LogP contribution is 2.39. The number of halogens is 5. The molecule has 14 heteroatoms. The summed E-state index contributed by atoms with van der Waals surface area (Å²) < 4.78 is 68.0. The van der Waals surface area contributed by atoms with Crippen LogP contribution in [0.3, 0.4) is 0 Å². The Morgan fingerprint density at radius 2 is 2.00 bits per heavy atom. The number of nitrogens with zero attached hydrogens (tertiary/aromatic N) is 3. The molecule has 2 aliphatic rings. The van der Waals surface area contributed by atoms with Crippen molar-refractivity contribution in [2.24, 2.45) is 0 Å². The molecule has 2 aromatic rings. The van der Waals surface area contributed by atoms with Crippen LogP contribution in [0, 0.1) is 0 Å². The number of amides is 2. The molecule has 38 heavy (non-hydrogen) atoms. The van der Waals surface area contributed by atoms with Gasteiger partial charge in [0.2, 0.25) is 0 Å². The van der Waals surface area contributed by atoms with Crippen molar-refractivity contribution in [3.05, 3.63) is 28.5 Å². The largest absolute Gasteiger partial charge is 0.408 e. The highest BCUT2D eigenvalue weighted by Gasteiger charge is 2.39. The molecule has 3 heterocycles. The molecule has 8 nitrogen and oxygen atoms in total. The number of nitrogens with one attached hydrogen (secondary N) is 2. The van der Waals surface area contributed by atoms with E-state index < -0.39 is 54.0 Å². The van der Waals surface area contributed by atoms with E-state index in [2.05, 4.69) is 20.6 Å². The molecule has 0 bridgehead atoms. The number of likely N-dealkylation sites (tertiary alicyclic amines) is 1. The SMILES string of the molecule is CC[C@H](Nc1cc(C(F)F)c(-c2sc(C(=O)N[C@H]3CC[C@@H]3O)nc2C(=O)N2CCC[C@@H]2C)cn1)C(F)(F)F. The lowest BCUT2D eigenvalue weighted by atomic mass is 9.89. The monoisotopic (exact) mass is 561 g/mol. The molecule has 0 radical (unpaired) electrons. The van der Waals surface area contributed by atoms with Gasteiger partial charge in [-0.1, -0.05) is 6.92 Å². The maximum atomic E-state index is 14.2. The van der Waals surface area contributed by atoms with Gasteiger partial charge >= 0.3 is 6.18 Å². The average Bonchev–Trinajstić information content (AvgIpc) is 3.50. The Hall–Kier alpha value is -2.87. The molecule has 2 amide bonds. The van der Waals surface area contributed by atoms with E-state index in [4.69, 9.17) is 0 Å². The molecule has 2 fully saturated rings. The van der Waals surface area contributed by atoms with Crippen molar-refractivity contribution in [1.82, 2.24) is 20.2 Å². The maximum Gasteiger partial charge on any atom is 0.408 e. The van der Waals surface area contributed by atoms with Gasteiger partial charge in [-0.2, -0.15) is 13.2 Å². The number of carbonyl (C=O) groups is 2. The lowest BCUT2D eigenvalue weighted by molar-refractivity contribution is -0.142. The Morgan fingerprint density at radius 1 is 1.26 bits per heavy atom. The van der Waals surface area contributed by atoms with Gasteiger partial charge in [-0.25, -0.2) is 18.7 Å². The van der Waals surface area contributed by atoms with Gasteiger partial charge < -0.3 is 20.6 Å². The van der Waals surface area contributed by atoms with Crippen LogP contribution in [0.25, 0.3) is 10.4 Å². The quantitative estimate of drug-likeness (QED) is 0.401. The molecule has 3 N–H and O–H groups in total. The lowest BCUT2D eigenvalue weighted by Crippen LogP contribution is -2.50. The van der Waals surface area contributed by atoms with E-state index >= 15 is 0 Å². The fourth-order valence-electron chi connectivity index (χ4n) is 4.51. The van der Waals surface area contributed by atoms with Gasteiger partial charge in [-0.05, 0) is 45.1 Å². The number of carbonyl (C=O) groups excluding carboxylic acids is 2. The fourth-order valence-corrected chi connectivity index (χ4v) is 5.50. The first-order chi connectivity index (χ1) is 17.9. The number of hydrogen-bond acceptors (Lipinski definition) is 7. The van der Waals surface area contributed by atoms with Crippen LogP contribution < -0.4 is 10.6 Å². The highest BCUT2D eigenvalue weighted by atomic mass is 32.1. The molecule has 4 rings (SSSR count).